The molecule has 2 aromatic heterocycles. The van der Waals surface area contributed by atoms with Gasteiger partial charge >= 0.3 is 0 Å². The van der Waals surface area contributed by atoms with Crippen molar-refractivity contribution in [2.45, 2.75) is 0 Å². The molecule has 254 valence electrons. The van der Waals surface area contributed by atoms with Gasteiger partial charge in [-0.1, -0.05) is 152 Å². The molecule has 0 saturated carbocycles. The van der Waals surface area contributed by atoms with E-state index in [1.807, 2.05) is 72.8 Å². The molecule has 10 aromatic rings. The third-order valence-corrected chi connectivity index (χ3v) is 9.91. The van der Waals surface area contributed by atoms with Gasteiger partial charge in [0.05, 0.1) is 0 Å². The molecule has 0 spiro atoms. The zero-order chi connectivity index (χ0) is 35.8. The average Bonchev–Trinajstić information content (AvgIpc) is 3.64. The van der Waals surface area contributed by atoms with Crippen LogP contribution in [0.4, 0.5) is 17.1 Å². The fourth-order valence-electron chi connectivity index (χ4n) is 7.39. The van der Waals surface area contributed by atoms with Crippen LogP contribution in [-0.2, 0) is 0 Å². The van der Waals surface area contributed by atoms with Gasteiger partial charge in [-0.05, 0) is 58.8 Å². The number of hydrogen-bond acceptors (Lipinski definition) is 5. The number of anilines is 3. The molecule has 10 rings (SSSR count). The van der Waals surface area contributed by atoms with Crippen molar-refractivity contribution < 1.29 is 4.42 Å². The van der Waals surface area contributed by atoms with Gasteiger partial charge in [0.1, 0.15) is 11.2 Å². The van der Waals surface area contributed by atoms with Gasteiger partial charge in [0.15, 0.2) is 17.5 Å². The third kappa shape index (κ3) is 5.56. The van der Waals surface area contributed by atoms with E-state index in [4.69, 9.17) is 19.4 Å². The van der Waals surface area contributed by atoms with Gasteiger partial charge in [-0.3, -0.25) is 0 Å². The molecular weight excluding hydrogens is 661 g/mol. The summed E-state index contributed by atoms with van der Waals surface area (Å²) in [6.45, 7) is 0. The van der Waals surface area contributed by atoms with Gasteiger partial charge in [0.2, 0.25) is 0 Å². The molecule has 0 bridgehead atoms. The Hall–Kier alpha value is -7.37. The molecule has 54 heavy (non-hydrogen) atoms. The van der Waals surface area contributed by atoms with Gasteiger partial charge in [0.25, 0.3) is 0 Å². The molecule has 0 unspecified atom stereocenters. The lowest BCUT2D eigenvalue weighted by Gasteiger charge is -2.25. The summed E-state index contributed by atoms with van der Waals surface area (Å²) in [4.78, 5) is 17.3. The Labute approximate surface area is 312 Å². The molecule has 2 heterocycles. The van der Waals surface area contributed by atoms with E-state index >= 15 is 0 Å². The lowest BCUT2D eigenvalue weighted by Crippen LogP contribution is -2.09. The highest BCUT2D eigenvalue weighted by atomic mass is 16.3. The second kappa shape index (κ2) is 13.3. The number of rotatable bonds is 7. The first-order valence-electron chi connectivity index (χ1n) is 18.0. The maximum atomic E-state index is 6.87. The van der Waals surface area contributed by atoms with E-state index in [-0.39, 0.29) is 0 Å². The van der Waals surface area contributed by atoms with Crippen LogP contribution in [0.5, 0.6) is 0 Å². The van der Waals surface area contributed by atoms with E-state index in [9.17, 15) is 0 Å². The number of aromatic nitrogens is 3. The van der Waals surface area contributed by atoms with E-state index in [0.29, 0.717) is 17.5 Å². The molecule has 0 radical (unpaired) electrons. The van der Waals surface area contributed by atoms with E-state index in [2.05, 4.69) is 126 Å². The number of benzene rings is 8. The maximum absolute atomic E-state index is 6.87. The molecule has 0 saturated heterocycles. The summed E-state index contributed by atoms with van der Waals surface area (Å²) in [5.41, 5.74) is 9.76. The van der Waals surface area contributed by atoms with Gasteiger partial charge in [-0.15, -0.1) is 0 Å². The van der Waals surface area contributed by atoms with E-state index in [1.54, 1.807) is 0 Å². The summed E-state index contributed by atoms with van der Waals surface area (Å²) in [6, 6.07) is 66.7. The summed E-state index contributed by atoms with van der Waals surface area (Å²) in [6.07, 6.45) is 0. The first kappa shape index (κ1) is 31.4. The van der Waals surface area contributed by atoms with Crippen LogP contribution in [0.25, 0.3) is 78.0 Å². The number of fused-ring (bicyclic) bond motifs is 5. The topological polar surface area (TPSA) is 55.1 Å². The number of nitrogens with zero attached hydrogens (tertiary/aromatic N) is 4. The summed E-state index contributed by atoms with van der Waals surface area (Å²) < 4.78 is 6.87. The van der Waals surface area contributed by atoms with Gasteiger partial charge in [-0.25, -0.2) is 15.0 Å². The quantitative estimate of drug-likeness (QED) is 0.166. The Morgan fingerprint density at radius 2 is 0.833 bits per heavy atom. The molecular formula is C49H32N4O. The van der Waals surface area contributed by atoms with Crippen molar-refractivity contribution in [2.24, 2.45) is 0 Å². The highest BCUT2D eigenvalue weighted by Gasteiger charge is 2.21. The minimum Gasteiger partial charge on any atom is -0.455 e. The molecule has 0 amide bonds. The van der Waals surface area contributed by atoms with Crippen LogP contribution in [-0.4, -0.2) is 15.0 Å². The molecule has 5 nitrogen and oxygen atoms in total. The van der Waals surface area contributed by atoms with Crippen molar-refractivity contribution in [3.8, 4) is 45.3 Å². The Kier molecular flexibility index (Phi) is 7.73. The third-order valence-electron chi connectivity index (χ3n) is 9.91. The van der Waals surface area contributed by atoms with Crippen molar-refractivity contribution in [2.75, 3.05) is 4.90 Å². The van der Waals surface area contributed by atoms with Crippen molar-refractivity contribution in [3.63, 3.8) is 0 Å². The Morgan fingerprint density at radius 1 is 0.352 bits per heavy atom. The minimum atomic E-state index is 0.596. The van der Waals surface area contributed by atoms with E-state index in [0.717, 1.165) is 77.6 Å². The number of furan rings is 1. The van der Waals surface area contributed by atoms with Crippen LogP contribution >= 0.6 is 0 Å². The first-order valence-corrected chi connectivity index (χ1v) is 18.0. The van der Waals surface area contributed by atoms with Crippen molar-refractivity contribution in [3.05, 3.63) is 194 Å². The molecule has 8 aromatic carbocycles. The van der Waals surface area contributed by atoms with Crippen molar-refractivity contribution in [1.82, 2.24) is 15.0 Å². The standard InChI is InChI=1S/C49H32N4O/c1-5-16-34(17-6-1)47-50-48(35-18-7-2-8-19-35)52-49(51-47)43-32-44-45(41-25-14-13-24-40(41)43)42-27-15-26-39(46(42)54-44)33-28-30-38(31-29-33)53(36-20-9-3-10-21-36)37-22-11-4-12-23-37/h1-32H. The summed E-state index contributed by atoms with van der Waals surface area (Å²) >= 11 is 0. The zero-order valence-electron chi connectivity index (χ0n) is 29.2. The maximum Gasteiger partial charge on any atom is 0.164 e. The number of para-hydroxylation sites is 3. The lowest BCUT2D eigenvalue weighted by atomic mass is 9.97. The smallest absolute Gasteiger partial charge is 0.164 e. The predicted molar refractivity (Wildman–Crippen MR) is 221 cm³/mol. The Bertz CT molecular complexity index is 2810. The number of hydrogen-bond donors (Lipinski definition) is 0. The second-order valence-corrected chi connectivity index (χ2v) is 13.2. The normalized spacial score (nSPS) is 11.3. The fourth-order valence-corrected chi connectivity index (χ4v) is 7.39. The molecule has 0 aliphatic carbocycles. The van der Waals surface area contributed by atoms with E-state index in [1.165, 1.54) is 0 Å². The van der Waals surface area contributed by atoms with Crippen LogP contribution in [0.2, 0.25) is 0 Å². The molecule has 5 heteroatoms. The largest absolute Gasteiger partial charge is 0.455 e. The predicted octanol–water partition coefficient (Wildman–Crippen LogP) is 13.1. The highest BCUT2D eigenvalue weighted by Crippen LogP contribution is 2.43. The molecule has 0 fully saturated rings. The van der Waals surface area contributed by atoms with Crippen molar-refractivity contribution >= 4 is 49.8 Å². The van der Waals surface area contributed by atoms with Crippen LogP contribution in [0.1, 0.15) is 0 Å². The van der Waals surface area contributed by atoms with Gasteiger partial charge < -0.3 is 9.32 Å². The molecule has 0 aliphatic rings. The minimum absolute atomic E-state index is 0.596. The van der Waals surface area contributed by atoms with Crippen LogP contribution in [0.3, 0.4) is 0 Å². The Balaban J connectivity index is 1.13. The second-order valence-electron chi connectivity index (χ2n) is 13.2. The zero-order valence-corrected chi connectivity index (χ0v) is 29.2. The average molecular weight is 693 g/mol. The SMILES string of the molecule is c1ccc(-c2nc(-c3ccccc3)nc(-c3cc4oc5c(-c6ccc(N(c7ccccc7)c7ccccc7)cc6)cccc5c4c4ccccc34)n2)cc1. The van der Waals surface area contributed by atoms with Gasteiger partial charge in [-0.2, -0.15) is 0 Å². The van der Waals surface area contributed by atoms with Crippen LogP contribution in [0, 0.1) is 0 Å². The van der Waals surface area contributed by atoms with Crippen molar-refractivity contribution in [1.29, 1.82) is 0 Å². The van der Waals surface area contributed by atoms with E-state index < -0.39 is 0 Å². The lowest BCUT2D eigenvalue weighted by molar-refractivity contribution is 0.670. The van der Waals surface area contributed by atoms with Crippen LogP contribution < -0.4 is 4.90 Å². The summed E-state index contributed by atoms with van der Waals surface area (Å²) in [5, 5.41) is 4.27. The summed E-state index contributed by atoms with van der Waals surface area (Å²) in [7, 11) is 0. The molecule has 0 atom stereocenters. The first-order chi connectivity index (χ1) is 26.8. The fraction of sp³-hybridized carbons (Fsp3) is 0. The van der Waals surface area contributed by atoms with Crippen LogP contribution in [0.15, 0.2) is 199 Å². The summed E-state index contributed by atoms with van der Waals surface area (Å²) in [5.74, 6) is 1.84. The Morgan fingerprint density at radius 3 is 1.43 bits per heavy atom. The molecule has 0 N–H and O–H groups in total. The van der Waals surface area contributed by atoms with Gasteiger partial charge in [0, 0.05) is 50.1 Å². The molecule has 0 aliphatic heterocycles. The monoisotopic (exact) mass is 692 g/mol. The highest BCUT2D eigenvalue weighted by molar-refractivity contribution is 6.23.